The van der Waals surface area contributed by atoms with Gasteiger partial charge in [0, 0.05) is 54.8 Å². The first-order chi connectivity index (χ1) is 15.1. The molecule has 1 radical (unpaired) electrons. The molecule has 2 aromatic heterocycles. The summed E-state index contributed by atoms with van der Waals surface area (Å²) in [4.78, 5) is 36.0. The SMILES string of the molecule is CC(=O)C(C(C)=O)(c1cccnc1-c1ccccc1)c1cccnc1-c1ccccc1.[Ir]. The molecule has 0 atom stereocenters. The number of aromatic nitrogens is 2. The van der Waals surface area contributed by atoms with Gasteiger partial charge >= 0.3 is 0 Å². The predicted molar refractivity (Wildman–Crippen MR) is 121 cm³/mol. The Morgan fingerprint density at radius 3 is 1.31 bits per heavy atom. The Bertz CT molecular complexity index is 1140. The molecule has 0 N–H and O–H groups in total. The number of nitrogens with zero attached hydrogens (tertiary/aromatic N) is 2. The smallest absolute Gasteiger partial charge is 0.152 e. The van der Waals surface area contributed by atoms with Crippen LogP contribution in [0.2, 0.25) is 0 Å². The predicted octanol–water partition coefficient (Wildman–Crippen LogP) is 5.27. The van der Waals surface area contributed by atoms with Gasteiger partial charge in [-0.25, -0.2) is 0 Å². The maximum Gasteiger partial charge on any atom is 0.152 e. The van der Waals surface area contributed by atoms with E-state index < -0.39 is 5.41 Å². The van der Waals surface area contributed by atoms with Crippen molar-refractivity contribution in [3.8, 4) is 22.5 Å². The summed E-state index contributed by atoms with van der Waals surface area (Å²) < 4.78 is 0. The second-order valence-electron chi connectivity index (χ2n) is 7.39. The zero-order valence-electron chi connectivity index (χ0n) is 17.8. The van der Waals surface area contributed by atoms with Crippen molar-refractivity contribution >= 4 is 11.6 Å². The van der Waals surface area contributed by atoms with E-state index in [9.17, 15) is 9.59 Å². The summed E-state index contributed by atoms with van der Waals surface area (Å²) in [6.07, 6.45) is 3.36. The first-order valence-corrected chi connectivity index (χ1v) is 10.1. The Morgan fingerprint density at radius 1 is 0.594 bits per heavy atom. The molecule has 4 aromatic rings. The standard InChI is InChI=1S/C27H22N2O2.Ir/c1-19(30)27(20(2)31,23-15-9-17-28-25(23)21-11-5-3-6-12-21)24-16-10-18-29-26(24)22-13-7-4-8-14-22;/h3-18H,1-2H3;. The van der Waals surface area contributed by atoms with Crippen molar-refractivity contribution in [1.82, 2.24) is 9.97 Å². The summed E-state index contributed by atoms with van der Waals surface area (Å²) in [6, 6.07) is 26.4. The van der Waals surface area contributed by atoms with E-state index in [-0.39, 0.29) is 31.7 Å². The summed E-state index contributed by atoms with van der Waals surface area (Å²) in [6.45, 7) is 2.93. The number of rotatable bonds is 6. The number of benzene rings is 2. The topological polar surface area (TPSA) is 59.9 Å². The van der Waals surface area contributed by atoms with Crippen molar-refractivity contribution in [2.45, 2.75) is 19.3 Å². The quantitative estimate of drug-likeness (QED) is 0.284. The minimum absolute atomic E-state index is 0. The molecule has 0 saturated heterocycles. The fraction of sp³-hybridized carbons (Fsp3) is 0.111. The maximum atomic E-state index is 13.4. The first-order valence-electron chi connectivity index (χ1n) is 10.1. The Kier molecular flexibility index (Phi) is 7.24. The van der Waals surface area contributed by atoms with Crippen molar-refractivity contribution in [2.24, 2.45) is 0 Å². The van der Waals surface area contributed by atoms with Gasteiger partial charge in [-0.05, 0) is 26.0 Å². The normalized spacial score (nSPS) is 10.8. The van der Waals surface area contributed by atoms with Gasteiger partial charge in [-0.1, -0.05) is 72.8 Å². The Morgan fingerprint density at radius 2 is 0.969 bits per heavy atom. The number of pyridine rings is 2. The van der Waals surface area contributed by atoms with E-state index in [1.165, 1.54) is 13.8 Å². The number of Topliss-reactive ketones (excluding diaryl/α,β-unsaturated/α-hetero) is 2. The van der Waals surface area contributed by atoms with E-state index in [1.54, 1.807) is 24.5 Å². The molecule has 5 heteroatoms. The van der Waals surface area contributed by atoms with Crippen LogP contribution in [0.1, 0.15) is 25.0 Å². The largest absolute Gasteiger partial charge is 0.298 e. The van der Waals surface area contributed by atoms with Crippen LogP contribution in [0.5, 0.6) is 0 Å². The van der Waals surface area contributed by atoms with Gasteiger partial charge in [-0.3, -0.25) is 19.6 Å². The third-order valence-electron chi connectivity index (χ3n) is 5.57. The molecule has 4 rings (SSSR count). The van der Waals surface area contributed by atoms with Crippen molar-refractivity contribution < 1.29 is 29.7 Å². The second kappa shape index (κ2) is 9.90. The molecule has 0 amide bonds. The van der Waals surface area contributed by atoms with Crippen LogP contribution in [0.15, 0.2) is 97.3 Å². The molecule has 4 nitrogen and oxygen atoms in total. The Hall–Kier alpha value is -3.27. The Balaban J connectivity index is 0.00000289. The van der Waals surface area contributed by atoms with E-state index in [4.69, 9.17) is 0 Å². The van der Waals surface area contributed by atoms with E-state index in [1.807, 2.05) is 72.8 Å². The van der Waals surface area contributed by atoms with Crippen LogP contribution in [-0.4, -0.2) is 21.5 Å². The maximum absolute atomic E-state index is 13.4. The number of ketones is 2. The zero-order valence-corrected chi connectivity index (χ0v) is 20.2. The molecular formula is C27H22IrN2O2. The molecule has 0 aliphatic carbocycles. The molecule has 2 heterocycles. The molecule has 0 fully saturated rings. The van der Waals surface area contributed by atoms with E-state index in [0.29, 0.717) is 22.5 Å². The van der Waals surface area contributed by atoms with Crippen LogP contribution in [0, 0.1) is 0 Å². The number of carbonyl (C=O) groups excluding carboxylic acids is 2. The van der Waals surface area contributed by atoms with Crippen molar-refractivity contribution in [2.75, 3.05) is 0 Å². The van der Waals surface area contributed by atoms with Gasteiger partial charge in [0.05, 0.1) is 11.4 Å². The monoisotopic (exact) mass is 599 g/mol. The Labute approximate surface area is 201 Å². The first kappa shape index (κ1) is 23.4. The zero-order chi connectivity index (χ0) is 21.8. The number of hydrogen-bond acceptors (Lipinski definition) is 4. The molecular weight excluding hydrogens is 577 g/mol. The van der Waals surface area contributed by atoms with Gasteiger partial charge < -0.3 is 0 Å². The van der Waals surface area contributed by atoms with Crippen LogP contribution in [0.4, 0.5) is 0 Å². The molecule has 0 saturated carbocycles. The van der Waals surface area contributed by atoms with Crippen molar-refractivity contribution in [3.05, 3.63) is 108 Å². The van der Waals surface area contributed by atoms with Gasteiger partial charge in [0.15, 0.2) is 11.6 Å². The number of carbonyl (C=O) groups is 2. The van der Waals surface area contributed by atoms with E-state index >= 15 is 0 Å². The fourth-order valence-corrected chi connectivity index (χ4v) is 4.22. The molecule has 0 spiro atoms. The minimum Gasteiger partial charge on any atom is -0.298 e. The van der Waals surface area contributed by atoms with Crippen LogP contribution in [0.3, 0.4) is 0 Å². The number of hydrogen-bond donors (Lipinski definition) is 0. The van der Waals surface area contributed by atoms with Crippen LogP contribution in [0.25, 0.3) is 22.5 Å². The minimum atomic E-state index is -1.53. The molecule has 32 heavy (non-hydrogen) atoms. The third kappa shape index (κ3) is 3.97. The fourth-order valence-electron chi connectivity index (χ4n) is 4.22. The molecule has 0 aliphatic heterocycles. The molecule has 0 bridgehead atoms. The van der Waals surface area contributed by atoms with Crippen LogP contribution >= 0.6 is 0 Å². The molecule has 0 unspecified atom stereocenters. The van der Waals surface area contributed by atoms with Crippen LogP contribution < -0.4 is 0 Å². The second-order valence-corrected chi connectivity index (χ2v) is 7.39. The van der Waals surface area contributed by atoms with E-state index in [0.717, 1.165) is 11.1 Å². The summed E-state index contributed by atoms with van der Waals surface area (Å²) in [5.41, 5.74) is 2.49. The van der Waals surface area contributed by atoms with E-state index in [2.05, 4.69) is 9.97 Å². The summed E-state index contributed by atoms with van der Waals surface area (Å²) in [7, 11) is 0. The van der Waals surface area contributed by atoms with Crippen molar-refractivity contribution in [3.63, 3.8) is 0 Å². The van der Waals surface area contributed by atoms with Crippen LogP contribution in [-0.2, 0) is 35.1 Å². The molecule has 2 aromatic carbocycles. The third-order valence-corrected chi connectivity index (χ3v) is 5.57. The average Bonchev–Trinajstić information content (AvgIpc) is 2.81. The van der Waals surface area contributed by atoms with Gasteiger partial charge in [0.2, 0.25) is 0 Å². The average molecular weight is 599 g/mol. The summed E-state index contributed by atoms with van der Waals surface area (Å²) in [5.74, 6) is -0.536. The molecule has 161 valence electrons. The summed E-state index contributed by atoms with van der Waals surface area (Å²) in [5, 5.41) is 0. The molecule has 0 aliphatic rings. The van der Waals surface area contributed by atoms with Gasteiger partial charge in [0.1, 0.15) is 5.41 Å². The van der Waals surface area contributed by atoms with Gasteiger partial charge in [0.25, 0.3) is 0 Å². The van der Waals surface area contributed by atoms with Crippen molar-refractivity contribution in [1.29, 1.82) is 0 Å². The van der Waals surface area contributed by atoms with Gasteiger partial charge in [-0.15, -0.1) is 0 Å². The van der Waals surface area contributed by atoms with Gasteiger partial charge in [-0.2, -0.15) is 0 Å². The summed E-state index contributed by atoms with van der Waals surface area (Å²) >= 11 is 0.